The Morgan fingerprint density at radius 1 is 1.15 bits per heavy atom. The fraction of sp³-hybridized carbons (Fsp3) is 0.333. The first-order chi connectivity index (χ1) is 12.5. The third-order valence-corrected chi connectivity index (χ3v) is 4.79. The molecule has 0 saturated carbocycles. The average Bonchev–Trinajstić information content (AvgIpc) is 2.66. The molecule has 1 N–H and O–H groups in total. The van der Waals surface area contributed by atoms with E-state index in [0.717, 1.165) is 15.7 Å². The van der Waals surface area contributed by atoms with Gasteiger partial charge < -0.3 is 15.1 Å². The number of nitrogens with zero attached hydrogens (tertiary/aromatic N) is 4. The van der Waals surface area contributed by atoms with Crippen LogP contribution in [0.5, 0.6) is 0 Å². The van der Waals surface area contributed by atoms with E-state index >= 15 is 0 Å². The normalized spacial score (nSPS) is 15.5. The number of aromatic nitrogens is 2. The largest absolute Gasteiger partial charge is 0.367 e. The summed E-state index contributed by atoms with van der Waals surface area (Å²) in [5.41, 5.74) is 1.76. The van der Waals surface area contributed by atoms with Crippen LogP contribution in [0.25, 0.3) is 0 Å². The van der Waals surface area contributed by atoms with Crippen molar-refractivity contribution in [3.63, 3.8) is 0 Å². The molecule has 1 aliphatic rings. The van der Waals surface area contributed by atoms with Crippen LogP contribution in [0.2, 0.25) is 0 Å². The number of nitrogens with one attached hydrogen (secondary N) is 1. The minimum absolute atomic E-state index is 0.0918. The van der Waals surface area contributed by atoms with Gasteiger partial charge in [0.05, 0.1) is 18.1 Å². The van der Waals surface area contributed by atoms with E-state index in [2.05, 4.69) is 36.3 Å². The summed E-state index contributed by atoms with van der Waals surface area (Å²) < 4.78 is 0.869. The number of anilines is 1. The van der Waals surface area contributed by atoms with Crippen LogP contribution in [0.15, 0.2) is 47.2 Å². The highest BCUT2D eigenvalue weighted by atomic mass is 79.9. The lowest BCUT2D eigenvalue weighted by atomic mass is 10.0. The summed E-state index contributed by atoms with van der Waals surface area (Å²) in [5, 5.41) is 10.5. The molecule has 1 aromatic heterocycles. The Kier molecular flexibility index (Phi) is 5.82. The first kappa shape index (κ1) is 18.3. The second-order valence-corrected chi connectivity index (χ2v) is 7.02. The van der Waals surface area contributed by atoms with Crippen molar-refractivity contribution >= 4 is 33.4 Å². The van der Waals surface area contributed by atoms with Gasteiger partial charge in [0, 0.05) is 37.6 Å². The number of hydrogen-bond acceptors (Lipinski definition) is 5. The maximum Gasteiger partial charge on any atom is 0.249 e. The molecule has 0 spiro atoms. The maximum atomic E-state index is 13.0. The van der Waals surface area contributed by atoms with E-state index in [9.17, 15) is 9.59 Å². The van der Waals surface area contributed by atoms with E-state index in [4.69, 9.17) is 0 Å². The molecule has 136 valence electrons. The van der Waals surface area contributed by atoms with E-state index in [1.807, 2.05) is 30.3 Å². The zero-order valence-corrected chi connectivity index (χ0v) is 16.0. The number of rotatable bonds is 4. The van der Waals surface area contributed by atoms with Gasteiger partial charge in [0.15, 0.2) is 0 Å². The van der Waals surface area contributed by atoms with Gasteiger partial charge in [-0.05, 0) is 23.8 Å². The number of carbonyl (C=O) groups excluding carboxylic acids is 2. The number of halogens is 1. The number of amides is 2. The zero-order valence-electron chi connectivity index (χ0n) is 14.4. The lowest BCUT2D eigenvalue weighted by Gasteiger charge is -2.37. The van der Waals surface area contributed by atoms with Crippen molar-refractivity contribution in [2.75, 3.05) is 31.1 Å². The lowest BCUT2D eigenvalue weighted by Crippen LogP contribution is -2.52. The summed E-state index contributed by atoms with van der Waals surface area (Å²) in [6, 6.07) is 8.68. The molecule has 0 bridgehead atoms. The molecule has 1 unspecified atom stereocenters. The van der Waals surface area contributed by atoms with Crippen LogP contribution in [0, 0.1) is 0 Å². The molecule has 1 atom stereocenters. The average molecular weight is 418 g/mol. The van der Waals surface area contributed by atoms with Crippen LogP contribution >= 0.6 is 15.9 Å². The Bertz CT molecular complexity index is 778. The Morgan fingerprint density at radius 3 is 2.54 bits per heavy atom. The maximum absolute atomic E-state index is 13.0. The smallest absolute Gasteiger partial charge is 0.249 e. The van der Waals surface area contributed by atoms with Gasteiger partial charge in [0.25, 0.3) is 0 Å². The third kappa shape index (κ3) is 4.37. The molecule has 7 nitrogen and oxygen atoms in total. The fourth-order valence-corrected chi connectivity index (χ4v) is 3.43. The Hall–Kier alpha value is -2.48. The molecule has 1 saturated heterocycles. The van der Waals surface area contributed by atoms with Gasteiger partial charge in [-0.3, -0.25) is 9.59 Å². The first-order valence-corrected chi connectivity index (χ1v) is 9.17. The number of benzene rings is 1. The lowest BCUT2D eigenvalue weighted by molar-refractivity contribution is -0.136. The summed E-state index contributed by atoms with van der Waals surface area (Å²) in [4.78, 5) is 28.6. The SMILES string of the molecule is CC(=O)NC(C(=O)N1CCN(c2ccnnc2)CC1)c1cccc(Br)c1. The van der Waals surface area contributed by atoms with E-state index in [0.29, 0.717) is 26.2 Å². The molecule has 1 aromatic carbocycles. The zero-order chi connectivity index (χ0) is 18.5. The van der Waals surface area contributed by atoms with Crippen molar-refractivity contribution in [2.45, 2.75) is 13.0 Å². The second-order valence-electron chi connectivity index (χ2n) is 6.10. The van der Waals surface area contributed by atoms with E-state index < -0.39 is 6.04 Å². The highest BCUT2D eigenvalue weighted by Crippen LogP contribution is 2.22. The second kappa shape index (κ2) is 8.27. The number of hydrogen-bond donors (Lipinski definition) is 1. The molecule has 1 aliphatic heterocycles. The minimum atomic E-state index is -0.681. The van der Waals surface area contributed by atoms with Crippen molar-refractivity contribution in [3.8, 4) is 0 Å². The molecule has 1 fully saturated rings. The minimum Gasteiger partial charge on any atom is -0.367 e. The van der Waals surface area contributed by atoms with E-state index in [1.54, 1.807) is 17.3 Å². The summed E-state index contributed by atoms with van der Waals surface area (Å²) in [6.45, 7) is 4.02. The molecule has 2 amide bonds. The van der Waals surface area contributed by atoms with Gasteiger partial charge in [0.1, 0.15) is 6.04 Å². The predicted molar refractivity (Wildman–Crippen MR) is 102 cm³/mol. The van der Waals surface area contributed by atoms with Crippen LogP contribution in [0.4, 0.5) is 5.69 Å². The topological polar surface area (TPSA) is 78.4 Å². The van der Waals surface area contributed by atoms with E-state index in [-0.39, 0.29) is 11.8 Å². The Morgan fingerprint density at radius 2 is 1.92 bits per heavy atom. The van der Waals surface area contributed by atoms with Crippen molar-refractivity contribution in [3.05, 3.63) is 52.8 Å². The monoisotopic (exact) mass is 417 g/mol. The van der Waals surface area contributed by atoms with Crippen LogP contribution in [0.1, 0.15) is 18.5 Å². The van der Waals surface area contributed by atoms with Crippen molar-refractivity contribution in [1.82, 2.24) is 20.4 Å². The molecule has 0 aliphatic carbocycles. The van der Waals surface area contributed by atoms with Gasteiger partial charge in [-0.15, -0.1) is 0 Å². The van der Waals surface area contributed by atoms with Crippen LogP contribution in [0.3, 0.4) is 0 Å². The Balaban J connectivity index is 1.71. The van der Waals surface area contributed by atoms with Crippen LogP contribution in [-0.4, -0.2) is 53.1 Å². The molecule has 2 heterocycles. The van der Waals surface area contributed by atoms with Crippen molar-refractivity contribution < 1.29 is 9.59 Å². The van der Waals surface area contributed by atoms with Gasteiger partial charge in [-0.25, -0.2) is 0 Å². The Labute approximate surface area is 160 Å². The summed E-state index contributed by atoms with van der Waals surface area (Å²) in [6.07, 6.45) is 3.38. The molecular weight excluding hydrogens is 398 g/mol. The van der Waals surface area contributed by atoms with Gasteiger partial charge >= 0.3 is 0 Å². The van der Waals surface area contributed by atoms with Crippen LogP contribution in [-0.2, 0) is 9.59 Å². The van der Waals surface area contributed by atoms with Gasteiger partial charge in [-0.1, -0.05) is 28.1 Å². The van der Waals surface area contributed by atoms with Crippen LogP contribution < -0.4 is 10.2 Å². The summed E-state index contributed by atoms with van der Waals surface area (Å²) in [5.74, 6) is -0.323. The quantitative estimate of drug-likeness (QED) is 0.819. The molecule has 2 aromatic rings. The molecule has 3 rings (SSSR count). The first-order valence-electron chi connectivity index (χ1n) is 8.37. The van der Waals surface area contributed by atoms with Gasteiger partial charge in [0.2, 0.25) is 11.8 Å². The molecule has 0 radical (unpaired) electrons. The molecule has 26 heavy (non-hydrogen) atoms. The number of carbonyl (C=O) groups is 2. The summed E-state index contributed by atoms with van der Waals surface area (Å²) in [7, 11) is 0. The fourth-order valence-electron chi connectivity index (χ4n) is 3.02. The number of piperazine rings is 1. The summed E-state index contributed by atoms with van der Waals surface area (Å²) >= 11 is 3.42. The molecular formula is C18H20BrN5O2. The van der Waals surface area contributed by atoms with Gasteiger partial charge in [-0.2, -0.15) is 10.2 Å². The highest BCUT2D eigenvalue weighted by molar-refractivity contribution is 9.10. The van der Waals surface area contributed by atoms with Crippen molar-refractivity contribution in [2.24, 2.45) is 0 Å². The standard InChI is InChI=1S/C18H20BrN5O2/c1-13(25)22-17(14-3-2-4-15(19)11-14)18(26)24-9-7-23(8-10-24)16-5-6-20-21-12-16/h2-6,11-12,17H,7-10H2,1H3,(H,22,25). The third-order valence-electron chi connectivity index (χ3n) is 4.30. The highest BCUT2D eigenvalue weighted by Gasteiger charge is 2.29. The van der Waals surface area contributed by atoms with Crippen molar-refractivity contribution in [1.29, 1.82) is 0 Å². The van der Waals surface area contributed by atoms with E-state index in [1.165, 1.54) is 6.92 Å². The molecule has 8 heteroatoms. The predicted octanol–water partition coefficient (Wildman–Crippen LogP) is 1.77.